The summed E-state index contributed by atoms with van der Waals surface area (Å²) in [6, 6.07) is 8.20. The molecule has 0 aromatic heterocycles. The van der Waals surface area contributed by atoms with E-state index in [0.29, 0.717) is 24.8 Å². The van der Waals surface area contributed by atoms with Gasteiger partial charge in [0.2, 0.25) is 5.91 Å². The van der Waals surface area contributed by atoms with E-state index >= 15 is 0 Å². The van der Waals surface area contributed by atoms with Gasteiger partial charge in [-0.05, 0) is 42.4 Å². The number of rotatable bonds is 7. The van der Waals surface area contributed by atoms with E-state index in [4.69, 9.17) is 4.74 Å². The summed E-state index contributed by atoms with van der Waals surface area (Å²) in [6.07, 6.45) is 2.67. The number of guanidine groups is 1. The van der Waals surface area contributed by atoms with E-state index in [1.165, 1.54) is 5.56 Å². The minimum Gasteiger partial charge on any atom is -0.493 e. The first-order valence-electron chi connectivity index (χ1n) is 9.89. The number of piperidine rings is 1. The SMILES string of the molecule is CN=C(NCc1cccc(OCC(C)C)c1)N1CCC(CC(=O)NC)CC1.I. The van der Waals surface area contributed by atoms with Crippen LogP contribution in [0.5, 0.6) is 5.75 Å². The van der Waals surface area contributed by atoms with E-state index in [1.807, 2.05) is 19.2 Å². The van der Waals surface area contributed by atoms with E-state index < -0.39 is 0 Å². The lowest BCUT2D eigenvalue weighted by atomic mass is 9.93. The Bertz CT molecular complexity index is 629. The summed E-state index contributed by atoms with van der Waals surface area (Å²) in [5, 5.41) is 6.17. The number of amides is 1. The largest absolute Gasteiger partial charge is 0.493 e. The van der Waals surface area contributed by atoms with Crippen molar-refractivity contribution in [2.75, 3.05) is 33.8 Å². The third kappa shape index (κ3) is 8.24. The Hall–Kier alpha value is -1.51. The Morgan fingerprint density at radius 3 is 2.64 bits per heavy atom. The topological polar surface area (TPSA) is 66.0 Å². The third-order valence-electron chi connectivity index (χ3n) is 4.81. The second-order valence-corrected chi connectivity index (χ2v) is 7.56. The molecule has 1 amide bonds. The molecule has 0 radical (unpaired) electrons. The summed E-state index contributed by atoms with van der Waals surface area (Å²) in [4.78, 5) is 18.3. The molecule has 1 aromatic carbocycles. The molecule has 1 fully saturated rings. The quantitative estimate of drug-likeness (QED) is 0.342. The van der Waals surface area contributed by atoms with Crippen LogP contribution in [0.1, 0.15) is 38.7 Å². The number of aliphatic imine (C=N–C) groups is 1. The van der Waals surface area contributed by atoms with Gasteiger partial charge in [-0.3, -0.25) is 9.79 Å². The molecule has 1 heterocycles. The lowest BCUT2D eigenvalue weighted by molar-refractivity contribution is -0.121. The number of carbonyl (C=O) groups excluding carboxylic acids is 1. The van der Waals surface area contributed by atoms with Crippen LogP contribution in [0.3, 0.4) is 0 Å². The highest BCUT2D eigenvalue weighted by atomic mass is 127. The van der Waals surface area contributed by atoms with E-state index in [9.17, 15) is 4.79 Å². The minimum absolute atomic E-state index is 0. The average Bonchev–Trinajstić information content (AvgIpc) is 2.68. The number of halogens is 1. The van der Waals surface area contributed by atoms with Gasteiger partial charge in [-0.1, -0.05) is 26.0 Å². The normalized spacial score (nSPS) is 15.2. The van der Waals surface area contributed by atoms with E-state index in [2.05, 4.69) is 46.5 Å². The number of benzene rings is 1. The van der Waals surface area contributed by atoms with Gasteiger partial charge in [0, 0.05) is 40.2 Å². The molecule has 6 nitrogen and oxygen atoms in total. The van der Waals surface area contributed by atoms with Gasteiger partial charge < -0.3 is 20.3 Å². The highest BCUT2D eigenvalue weighted by molar-refractivity contribution is 14.0. The van der Waals surface area contributed by atoms with Crippen LogP contribution in [0, 0.1) is 11.8 Å². The van der Waals surface area contributed by atoms with Crippen molar-refractivity contribution in [3.05, 3.63) is 29.8 Å². The van der Waals surface area contributed by atoms with Crippen LogP contribution >= 0.6 is 24.0 Å². The van der Waals surface area contributed by atoms with Gasteiger partial charge >= 0.3 is 0 Å². The highest BCUT2D eigenvalue weighted by Gasteiger charge is 2.23. The van der Waals surface area contributed by atoms with Crippen molar-refractivity contribution in [1.29, 1.82) is 0 Å². The monoisotopic (exact) mass is 502 g/mol. The minimum atomic E-state index is 0. The van der Waals surface area contributed by atoms with Crippen LogP contribution in [-0.4, -0.2) is 50.6 Å². The molecule has 0 bridgehead atoms. The predicted octanol–water partition coefficient (Wildman–Crippen LogP) is 3.26. The zero-order valence-corrected chi connectivity index (χ0v) is 19.9. The summed E-state index contributed by atoms with van der Waals surface area (Å²) in [5.74, 6) is 2.94. The predicted molar refractivity (Wildman–Crippen MR) is 125 cm³/mol. The molecule has 1 aromatic rings. The molecule has 0 saturated carbocycles. The zero-order chi connectivity index (χ0) is 19.6. The molecular formula is C21H35IN4O2. The molecule has 0 atom stereocenters. The smallest absolute Gasteiger partial charge is 0.220 e. The van der Waals surface area contributed by atoms with Crippen LogP contribution < -0.4 is 15.4 Å². The Balaban J connectivity index is 0.00000392. The first-order chi connectivity index (χ1) is 13.0. The van der Waals surface area contributed by atoms with Gasteiger partial charge in [-0.25, -0.2) is 0 Å². The first kappa shape index (κ1) is 24.5. The standard InChI is InChI=1S/C21H34N4O2.HI/c1-16(2)15-27-19-7-5-6-18(12-19)14-24-21(23-4)25-10-8-17(9-11-25)13-20(26)22-3;/h5-7,12,16-17H,8-11,13-15H2,1-4H3,(H,22,26)(H,23,24);1H. The van der Waals surface area contributed by atoms with Crippen LogP contribution in [0.2, 0.25) is 0 Å². The first-order valence-corrected chi connectivity index (χ1v) is 9.89. The summed E-state index contributed by atoms with van der Waals surface area (Å²) < 4.78 is 5.81. The van der Waals surface area contributed by atoms with E-state index in [0.717, 1.165) is 44.2 Å². The third-order valence-corrected chi connectivity index (χ3v) is 4.81. The van der Waals surface area contributed by atoms with E-state index in [1.54, 1.807) is 7.05 Å². The lowest BCUT2D eigenvalue weighted by Gasteiger charge is -2.34. The molecule has 2 N–H and O–H groups in total. The maximum absolute atomic E-state index is 11.6. The van der Waals surface area contributed by atoms with Crippen LogP contribution in [-0.2, 0) is 11.3 Å². The Labute approximate surface area is 186 Å². The zero-order valence-electron chi connectivity index (χ0n) is 17.5. The molecular weight excluding hydrogens is 467 g/mol. The Morgan fingerprint density at radius 2 is 2.04 bits per heavy atom. The average molecular weight is 502 g/mol. The van der Waals surface area contributed by atoms with Gasteiger partial charge in [-0.2, -0.15) is 0 Å². The molecule has 0 unspecified atom stereocenters. The number of hydrogen-bond acceptors (Lipinski definition) is 3. The van der Waals surface area contributed by atoms with Gasteiger partial charge in [-0.15, -0.1) is 24.0 Å². The Kier molecular flexibility index (Phi) is 11.3. The highest BCUT2D eigenvalue weighted by Crippen LogP contribution is 2.20. The van der Waals surface area contributed by atoms with Crippen molar-refractivity contribution in [3.8, 4) is 5.75 Å². The van der Waals surface area contributed by atoms with Crippen LogP contribution in [0.25, 0.3) is 0 Å². The molecule has 158 valence electrons. The van der Waals surface area contributed by atoms with Gasteiger partial charge in [0.1, 0.15) is 5.75 Å². The van der Waals surface area contributed by atoms with Crippen molar-refractivity contribution in [1.82, 2.24) is 15.5 Å². The van der Waals surface area contributed by atoms with Crippen molar-refractivity contribution in [2.45, 2.75) is 39.7 Å². The van der Waals surface area contributed by atoms with Crippen molar-refractivity contribution in [2.24, 2.45) is 16.8 Å². The molecule has 7 heteroatoms. The summed E-state index contributed by atoms with van der Waals surface area (Å²) >= 11 is 0. The van der Waals surface area contributed by atoms with Crippen molar-refractivity contribution < 1.29 is 9.53 Å². The maximum atomic E-state index is 11.6. The Morgan fingerprint density at radius 1 is 1.32 bits per heavy atom. The molecule has 28 heavy (non-hydrogen) atoms. The van der Waals surface area contributed by atoms with Crippen molar-refractivity contribution >= 4 is 35.8 Å². The van der Waals surface area contributed by atoms with Gasteiger partial charge in [0.15, 0.2) is 5.96 Å². The molecule has 1 saturated heterocycles. The second-order valence-electron chi connectivity index (χ2n) is 7.56. The summed E-state index contributed by atoms with van der Waals surface area (Å²) in [7, 11) is 3.52. The molecule has 1 aliphatic rings. The maximum Gasteiger partial charge on any atom is 0.220 e. The van der Waals surface area contributed by atoms with Crippen LogP contribution in [0.4, 0.5) is 0 Å². The number of ether oxygens (including phenoxy) is 1. The number of hydrogen-bond donors (Lipinski definition) is 2. The number of nitrogens with zero attached hydrogens (tertiary/aromatic N) is 2. The number of likely N-dealkylation sites (tertiary alicyclic amines) is 1. The van der Waals surface area contributed by atoms with Crippen molar-refractivity contribution in [3.63, 3.8) is 0 Å². The van der Waals surface area contributed by atoms with Gasteiger partial charge in [0.25, 0.3) is 0 Å². The number of nitrogens with one attached hydrogen (secondary N) is 2. The summed E-state index contributed by atoms with van der Waals surface area (Å²) in [5.41, 5.74) is 1.17. The lowest BCUT2D eigenvalue weighted by Crippen LogP contribution is -2.45. The molecule has 2 rings (SSSR count). The van der Waals surface area contributed by atoms with E-state index in [-0.39, 0.29) is 29.9 Å². The summed E-state index contributed by atoms with van der Waals surface area (Å²) in [6.45, 7) is 7.59. The van der Waals surface area contributed by atoms with Crippen LogP contribution in [0.15, 0.2) is 29.3 Å². The number of carbonyl (C=O) groups is 1. The molecule has 0 aliphatic carbocycles. The molecule has 0 spiro atoms. The fourth-order valence-electron chi connectivity index (χ4n) is 3.23. The fourth-order valence-corrected chi connectivity index (χ4v) is 3.23. The van der Waals surface area contributed by atoms with Gasteiger partial charge in [0.05, 0.1) is 6.61 Å². The molecule has 1 aliphatic heterocycles. The second kappa shape index (κ2) is 12.9. The fraction of sp³-hybridized carbons (Fsp3) is 0.619.